The second-order valence-corrected chi connectivity index (χ2v) is 6.62. The number of nitrogens with zero attached hydrogens (tertiary/aromatic N) is 1. The number of ether oxygens (including phenoxy) is 2. The van der Waals surface area contributed by atoms with E-state index in [1.54, 1.807) is 42.5 Å². The lowest BCUT2D eigenvalue weighted by Gasteiger charge is -2.26. The SMILES string of the molecule is CCCOc1ccc(N2C(=O)NC(=O)/C(=C/c3cc(Cl)ccc3OC)C2=O)cc1. The van der Waals surface area contributed by atoms with Crippen molar-refractivity contribution < 1.29 is 23.9 Å². The van der Waals surface area contributed by atoms with Crippen LogP contribution < -0.4 is 19.7 Å². The van der Waals surface area contributed by atoms with Gasteiger partial charge in [-0.05, 0) is 55.0 Å². The van der Waals surface area contributed by atoms with Gasteiger partial charge in [0.25, 0.3) is 11.8 Å². The van der Waals surface area contributed by atoms with Crippen LogP contribution in [0.4, 0.5) is 10.5 Å². The van der Waals surface area contributed by atoms with E-state index >= 15 is 0 Å². The van der Waals surface area contributed by atoms with E-state index in [9.17, 15) is 14.4 Å². The van der Waals surface area contributed by atoms with Crippen LogP contribution in [-0.4, -0.2) is 31.6 Å². The molecule has 2 aromatic rings. The van der Waals surface area contributed by atoms with Crippen molar-refractivity contribution in [3.63, 3.8) is 0 Å². The second kappa shape index (κ2) is 8.79. The van der Waals surface area contributed by atoms with Crippen molar-refractivity contribution in [3.8, 4) is 11.5 Å². The number of hydrogen-bond acceptors (Lipinski definition) is 5. The molecule has 29 heavy (non-hydrogen) atoms. The van der Waals surface area contributed by atoms with Gasteiger partial charge in [0.15, 0.2) is 0 Å². The lowest BCUT2D eigenvalue weighted by atomic mass is 10.1. The lowest BCUT2D eigenvalue weighted by Crippen LogP contribution is -2.54. The van der Waals surface area contributed by atoms with Crippen LogP contribution in [0.25, 0.3) is 6.08 Å². The van der Waals surface area contributed by atoms with Crippen LogP contribution in [0, 0.1) is 0 Å². The van der Waals surface area contributed by atoms with Crippen LogP contribution in [-0.2, 0) is 9.59 Å². The first-order valence-corrected chi connectivity index (χ1v) is 9.30. The Morgan fingerprint density at radius 1 is 1.10 bits per heavy atom. The molecule has 4 amide bonds. The van der Waals surface area contributed by atoms with E-state index in [0.29, 0.717) is 34.4 Å². The molecule has 0 aliphatic carbocycles. The van der Waals surface area contributed by atoms with Crippen LogP contribution in [0.1, 0.15) is 18.9 Å². The Labute approximate surface area is 172 Å². The van der Waals surface area contributed by atoms with Crippen molar-refractivity contribution in [1.82, 2.24) is 5.32 Å². The van der Waals surface area contributed by atoms with Gasteiger partial charge in [-0.15, -0.1) is 0 Å². The third-order valence-electron chi connectivity index (χ3n) is 4.16. The highest BCUT2D eigenvalue weighted by Crippen LogP contribution is 2.28. The van der Waals surface area contributed by atoms with Gasteiger partial charge in [-0.1, -0.05) is 18.5 Å². The molecule has 8 heteroatoms. The Hall–Kier alpha value is -3.32. The molecule has 1 fully saturated rings. The van der Waals surface area contributed by atoms with Gasteiger partial charge >= 0.3 is 6.03 Å². The van der Waals surface area contributed by atoms with Gasteiger partial charge in [-0.25, -0.2) is 9.69 Å². The second-order valence-electron chi connectivity index (χ2n) is 6.19. The molecule has 1 N–H and O–H groups in total. The van der Waals surface area contributed by atoms with Gasteiger partial charge < -0.3 is 9.47 Å². The summed E-state index contributed by atoms with van der Waals surface area (Å²) in [4.78, 5) is 38.5. The highest BCUT2D eigenvalue weighted by Gasteiger charge is 2.37. The van der Waals surface area contributed by atoms with E-state index in [0.717, 1.165) is 11.3 Å². The third-order valence-corrected chi connectivity index (χ3v) is 4.40. The maximum atomic E-state index is 13.0. The largest absolute Gasteiger partial charge is 0.496 e. The first kappa shape index (κ1) is 20.4. The normalized spacial score (nSPS) is 15.5. The average molecular weight is 415 g/mol. The average Bonchev–Trinajstić information content (AvgIpc) is 2.70. The number of imide groups is 2. The zero-order valence-electron chi connectivity index (χ0n) is 15.9. The standard InChI is InChI=1S/C21H19ClN2O5/c1-3-10-29-16-7-5-15(6-8-16)24-20(26)17(19(25)23-21(24)27)12-13-11-14(22)4-9-18(13)28-2/h4-9,11-12H,3,10H2,1-2H3,(H,23,25,27)/b17-12-. The molecule has 0 spiro atoms. The summed E-state index contributed by atoms with van der Waals surface area (Å²) in [6.45, 7) is 2.55. The molecule has 1 aliphatic rings. The number of barbiturate groups is 1. The summed E-state index contributed by atoms with van der Waals surface area (Å²) in [6, 6.07) is 10.5. The van der Waals surface area contributed by atoms with E-state index in [2.05, 4.69) is 5.32 Å². The van der Waals surface area contributed by atoms with Gasteiger partial charge in [0.1, 0.15) is 17.1 Å². The molecule has 0 atom stereocenters. The van der Waals surface area contributed by atoms with Crippen molar-refractivity contribution in [1.29, 1.82) is 0 Å². The Bertz CT molecular complexity index is 985. The minimum atomic E-state index is -0.822. The van der Waals surface area contributed by atoms with Crippen molar-refractivity contribution in [2.24, 2.45) is 0 Å². The molecular formula is C21H19ClN2O5. The van der Waals surface area contributed by atoms with Crippen molar-refractivity contribution in [2.45, 2.75) is 13.3 Å². The number of carbonyl (C=O) groups excluding carboxylic acids is 3. The molecule has 7 nitrogen and oxygen atoms in total. The van der Waals surface area contributed by atoms with Gasteiger partial charge in [-0.2, -0.15) is 0 Å². The fraction of sp³-hybridized carbons (Fsp3) is 0.190. The summed E-state index contributed by atoms with van der Waals surface area (Å²) >= 11 is 6.02. The number of anilines is 1. The van der Waals surface area contributed by atoms with Crippen LogP contribution in [0.2, 0.25) is 5.02 Å². The summed E-state index contributed by atoms with van der Waals surface area (Å²) in [5, 5.41) is 2.60. The number of amides is 4. The fourth-order valence-electron chi connectivity index (χ4n) is 2.78. The number of rotatable bonds is 6. The predicted octanol–water partition coefficient (Wildman–Crippen LogP) is 3.80. The van der Waals surface area contributed by atoms with E-state index in [-0.39, 0.29) is 5.57 Å². The number of benzene rings is 2. The Morgan fingerprint density at radius 3 is 2.48 bits per heavy atom. The van der Waals surface area contributed by atoms with Crippen LogP contribution in [0.5, 0.6) is 11.5 Å². The number of methoxy groups -OCH3 is 1. The molecule has 0 radical (unpaired) electrons. The third kappa shape index (κ3) is 4.41. The summed E-state index contributed by atoms with van der Waals surface area (Å²) in [6.07, 6.45) is 2.21. The van der Waals surface area contributed by atoms with E-state index in [1.165, 1.54) is 13.2 Å². The lowest BCUT2D eigenvalue weighted by molar-refractivity contribution is -0.122. The van der Waals surface area contributed by atoms with Crippen LogP contribution in [0.15, 0.2) is 48.0 Å². The number of halogens is 1. The molecule has 1 aliphatic heterocycles. The monoisotopic (exact) mass is 414 g/mol. The van der Waals surface area contributed by atoms with Gasteiger partial charge in [0.2, 0.25) is 0 Å². The molecular weight excluding hydrogens is 396 g/mol. The first-order chi connectivity index (χ1) is 13.9. The summed E-state index contributed by atoms with van der Waals surface area (Å²) in [7, 11) is 1.46. The molecule has 1 saturated heterocycles. The minimum Gasteiger partial charge on any atom is -0.496 e. The van der Waals surface area contributed by atoms with Crippen molar-refractivity contribution in [3.05, 3.63) is 58.6 Å². The number of carbonyl (C=O) groups is 3. The predicted molar refractivity (Wildman–Crippen MR) is 109 cm³/mol. The molecule has 1 heterocycles. The Balaban J connectivity index is 1.95. The van der Waals surface area contributed by atoms with E-state index in [4.69, 9.17) is 21.1 Å². The van der Waals surface area contributed by atoms with Crippen molar-refractivity contribution in [2.75, 3.05) is 18.6 Å². The van der Waals surface area contributed by atoms with Crippen molar-refractivity contribution >= 4 is 41.2 Å². The minimum absolute atomic E-state index is 0.212. The molecule has 150 valence electrons. The van der Waals surface area contributed by atoms with Gasteiger partial charge in [0, 0.05) is 10.6 Å². The first-order valence-electron chi connectivity index (χ1n) is 8.92. The smallest absolute Gasteiger partial charge is 0.335 e. The summed E-state index contributed by atoms with van der Waals surface area (Å²) in [5.74, 6) is -0.483. The highest BCUT2D eigenvalue weighted by molar-refractivity contribution is 6.39. The number of urea groups is 1. The van der Waals surface area contributed by atoms with Gasteiger partial charge in [0.05, 0.1) is 19.4 Å². The van der Waals surface area contributed by atoms with Crippen LogP contribution >= 0.6 is 11.6 Å². The quantitative estimate of drug-likeness (QED) is 0.574. The number of hydrogen-bond donors (Lipinski definition) is 1. The maximum absolute atomic E-state index is 13.0. The molecule has 3 rings (SSSR count). The number of nitrogens with one attached hydrogen (secondary N) is 1. The van der Waals surface area contributed by atoms with E-state index < -0.39 is 17.8 Å². The zero-order valence-corrected chi connectivity index (χ0v) is 16.7. The topological polar surface area (TPSA) is 84.9 Å². The highest BCUT2D eigenvalue weighted by atomic mass is 35.5. The molecule has 0 bridgehead atoms. The maximum Gasteiger partial charge on any atom is 0.335 e. The summed E-state index contributed by atoms with van der Waals surface area (Å²) < 4.78 is 10.8. The molecule has 0 aromatic heterocycles. The molecule has 2 aromatic carbocycles. The van der Waals surface area contributed by atoms with Gasteiger partial charge in [-0.3, -0.25) is 14.9 Å². The Kier molecular flexibility index (Phi) is 6.19. The Morgan fingerprint density at radius 2 is 1.83 bits per heavy atom. The molecule has 0 unspecified atom stereocenters. The fourth-order valence-corrected chi connectivity index (χ4v) is 2.96. The summed E-state index contributed by atoms with van der Waals surface area (Å²) in [5.41, 5.74) is 0.542. The van der Waals surface area contributed by atoms with Crippen LogP contribution in [0.3, 0.4) is 0 Å². The zero-order chi connectivity index (χ0) is 21.0. The molecule has 0 saturated carbocycles. The van der Waals surface area contributed by atoms with E-state index in [1.807, 2.05) is 6.92 Å².